The van der Waals surface area contributed by atoms with Crippen molar-refractivity contribution in [1.82, 2.24) is 15.5 Å². The van der Waals surface area contributed by atoms with Gasteiger partial charge in [0.25, 0.3) is 0 Å². The number of amides is 1. The minimum atomic E-state index is 0.107. The maximum atomic E-state index is 11.4. The number of hydrogen-bond acceptors (Lipinski definition) is 3. The van der Waals surface area contributed by atoms with Gasteiger partial charge < -0.3 is 15.5 Å². The number of nitrogens with one attached hydrogen (secondary N) is 2. The molecule has 2 N–H and O–H groups in total. The number of hydrogen-bond donors (Lipinski definition) is 2. The monoisotopic (exact) mass is 227 g/mol. The summed E-state index contributed by atoms with van der Waals surface area (Å²) >= 11 is 0. The molecule has 0 aliphatic carbocycles. The molecule has 94 valence electrons. The van der Waals surface area contributed by atoms with Gasteiger partial charge in [0.2, 0.25) is 5.91 Å². The van der Waals surface area contributed by atoms with Gasteiger partial charge in [0.05, 0.1) is 6.54 Å². The van der Waals surface area contributed by atoms with Crippen LogP contribution >= 0.6 is 0 Å². The van der Waals surface area contributed by atoms with Crippen LogP contribution in [-0.2, 0) is 4.79 Å². The van der Waals surface area contributed by atoms with Gasteiger partial charge in [-0.1, -0.05) is 6.92 Å². The highest BCUT2D eigenvalue weighted by Gasteiger charge is 2.10. The van der Waals surface area contributed by atoms with Gasteiger partial charge in [0, 0.05) is 19.1 Å². The van der Waals surface area contributed by atoms with E-state index in [2.05, 4.69) is 22.5 Å². The average Bonchev–Trinajstić information content (AvgIpc) is 2.77. The van der Waals surface area contributed by atoms with Crippen molar-refractivity contribution >= 4 is 5.91 Å². The van der Waals surface area contributed by atoms with Crippen LogP contribution in [0.3, 0.4) is 0 Å². The van der Waals surface area contributed by atoms with Crippen molar-refractivity contribution in [1.29, 1.82) is 0 Å². The van der Waals surface area contributed by atoms with Crippen LogP contribution in [0.15, 0.2) is 0 Å². The summed E-state index contributed by atoms with van der Waals surface area (Å²) in [6, 6.07) is 0.285. The topological polar surface area (TPSA) is 44.4 Å². The quantitative estimate of drug-likeness (QED) is 0.626. The molecule has 1 heterocycles. The molecule has 0 aromatic carbocycles. The highest BCUT2D eigenvalue weighted by atomic mass is 16.1. The predicted molar refractivity (Wildman–Crippen MR) is 66.4 cm³/mol. The first-order chi connectivity index (χ1) is 7.72. The molecule has 0 bridgehead atoms. The van der Waals surface area contributed by atoms with E-state index in [4.69, 9.17) is 0 Å². The molecule has 16 heavy (non-hydrogen) atoms. The van der Waals surface area contributed by atoms with Crippen LogP contribution in [0.4, 0.5) is 0 Å². The molecule has 4 heteroatoms. The Hall–Kier alpha value is -0.610. The van der Waals surface area contributed by atoms with Gasteiger partial charge in [-0.05, 0) is 39.3 Å². The molecule has 1 amide bonds. The lowest BCUT2D eigenvalue weighted by molar-refractivity contribution is -0.120. The normalized spacial score (nSPS) is 18.6. The third-order valence-electron chi connectivity index (χ3n) is 3.11. The van der Waals surface area contributed by atoms with Gasteiger partial charge in [-0.15, -0.1) is 0 Å². The minimum absolute atomic E-state index is 0.107. The first kappa shape index (κ1) is 13.5. The van der Waals surface area contributed by atoms with Gasteiger partial charge in [-0.3, -0.25) is 4.79 Å². The SMILES string of the molecule is CCC(C)NC(=O)CNCCN1CCCC1. The van der Waals surface area contributed by atoms with Crippen LogP contribution in [0, 0.1) is 0 Å². The second-order valence-electron chi connectivity index (χ2n) is 4.60. The van der Waals surface area contributed by atoms with E-state index in [9.17, 15) is 4.79 Å². The van der Waals surface area contributed by atoms with Gasteiger partial charge in [0.1, 0.15) is 0 Å². The molecule has 1 unspecified atom stereocenters. The molecule has 1 fully saturated rings. The van der Waals surface area contributed by atoms with Crippen LogP contribution in [0.25, 0.3) is 0 Å². The standard InChI is InChI=1S/C12H25N3O/c1-3-11(2)14-12(16)10-13-6-9-15-7-4-5-8-15/h11,13H,3-10H2,1-2H3,(H,14,16). The second kappa shape index (κ2) is 7.63. The van der Waals surface area contributed by atoms with Crippen molar-refractivity contribution < 1.29 is 4.79 Å². The van der Waals surface area contributed by atoms with Crippen molar-refractivity contribution in [2.45, 2.75) is 39.2 Å². The Balaban J connectivity index is 1.95. The van der Waals surface area contributed by atoms with Crippen molar-refractivity contribution in [2.24, 2.45) is 0 Å². The maximum Gasteiger partial charge on any atom is 0.234 e. The molecule has 1 aliphatic heterocycles. The van der Waals surface area contributed by atoms with Crippen molar-refractivity contribution in [3.05, 3.63) is 0 Å². The summed E-state index contributed by atoms with van der Waals surface area (Å²) < 4.78 is 0. The van der Waals surface area contributed by atoms with E-state index < -0.39 is 0 Å². The van der Waals surface area contributed by atoms with Crippen molar-refractivity contribution in [2.75, 3.05) is 32.7 Å². The summed E-state index contributed by atoms with van der Waals surface area (Å²) in [5, 5.41) is 6.13. The van der Waals surface area contributed by atoms with E-state index in [-0.39, 0.29) is 11.9 Å². The minimum Gasteiger partial charge on any atom is -0.353 e. The molecule has 1 aliphatic rings. The molecule has 1 rings (SSSR count). The smallest absolute Gasteiger partial charge is 0.234 e. The molecular formula is C12H25N3O. The Labute approximate surface area is 98.8 Å². The third-order valence-corrected chi connectivity index (χ3v) is 3.11. The number of likely N-dealkylation sites (tertiary alicyclic amines) is 1. The maximum absolute atomic E-state index is 11.4. The summed E-state index contributed by atoms with van der Waals surface area (Å²) in [6.45, 7) is 8.97. The van der Waals surface area contributed by atoms with Gasteiger partial charge >= 0.3 is 0 Å². The number of carbonyl (C=O) groups excluding carboxylic acids is 1. The highest BCUT2D eigenvalue weighted by molar-refractivity contribution is 5.78. The highest BCUT2D eigenvalue weighted by Crippen LogP contribution is 2.05. The van der Waals surface area contributed by atoms with E-state index in [0.717, 1.165) is 19.5 Å². The summed E-state index contributed by atoms with van der Waals surface area (Å²) in [5.74, 6) is 0.107. The number of nitrogens with zero attached hydrogens (tertiary/aromatic N) is 1. The Morgan fingerprint density at radius 2 is 2.06 bits per heavy atom. The Kier molecular flexibility index (Phi) is 6.42. The summed E-state index contributed by atoms with van der Waals surface area (Å²) in [4.78, 5) is 13.9. The second-order valence-corrected chi connectivity index (χ2v) is 4.60. The Bertz CT molecular complexity index is 202. The molecule has 1 saturated heterocycles. The zero-order chi connectivity index (χ0) is 11.8. The van der Waals surface area contributed by atoms with E-state index in [0.29, 0.717) is 6.54 Å². The lowest BCUT2D eigenvalue weighted by Gasteiger charge is -2.15. The van der Waals surface area contributed by atoms with Crippen LogP contribution < -0.4 is 10.6 Å². The molecule has 0 spiro atoms. The van der Waals surface area contributed by atoms with E-state index in [1.807, 2.05) is 6.92 Å². The predicted octanol–water partition coefficient (Wildman–Crippen LogP) is 0.587. The lowest BCUT2D eigenvalue weighted by atomic mass is 10.2. The first-order valence-electron chi connectivity index (χ1n) is 6.44. The van der Waals surface area contributed by atoms with E-state index in [1.165, 1.54) is 25.9 Å². The summed E-state index contributed by atoms with van der Waals surface area (Å²) in [6.07, 6.45) is 3.64. The lowest BCUT2D eigenvalue weighted by Crippen LogP contribution is -2.40. The van der Waals surface area contributed by atoms with Crippen LogP contribution in [0.2, 0.25) is 0 Å². The molecule has 4 nitrogen and oxygen atoms in total. The van der Waals surface area contributed by atoms with Crippen LogP contribution in [0.5, 0.6) is 0 Å². The van der Waals surface area contributed by atoms with E-state index >= 15 is 0 Å². The Morgan fingerprint density at radius 3 is 2.69 bits per heavy atom. The molecular weight excluding hydrogens is 202 g/mol. The molecule has 1 atom stereocenters. The fourth-order valence-corrected chi connectivity index (χ4v) is 1.87. The van der Waals surface area contributed by atoms with Crippen LogP contribution in [0.1, 0.15) is 33.1 Å². The number of carbonyl (C=O) groups is 1. The fraction of sp³-hybridized carbons (Fsp3) is 0.917. The third kappa shape index (κ3) is 5.47. The van der Waals surface area contributed by atoms with Crippen molar-refractivity contribution in [3.63, 3.8) is 0 Å². The first-order valence-corrected chi connectivity index (χ1v) is 6.44. The summed E-state index contributed by atoms with van der Waals surface area (Å²) in [5.41, 5.74) is 0. The molecule has 0 radical (unpaired) electrons. The van der Waals surface area contributed by atoms with Gasteiger partial charge in [0.15, 0.2) is 0 Å². The number of rotatable bonds is 7. The van der Waals surface area contributed by atoms with Crippen LogP contribution in [-0.4, -0.2) is 49.6 Å². The molecule has 0 saturated carbocycles. The van der Waals surface area contributed by atoms with E-state index in [1.54, 1.807) is 0 Å². The van der Waals surface area contributed by atoms with Gasteiger partial charge in [-0.2, -0.15) is 0 Å². The molecule has 0 aromatic rings. The summed E-state index contributed by atoms with van der Waals surface area (Å²) in [7, 11) is 0. The zero-order valence-electron chi connectivity index (χ0n) is 10.6. The van der Waals surface area contributed by atoms with Gasteiger partial charge in [-0.25, -0.2) is 0 Å². The largest absolute Gasteiger partial charge is 0.353 e. The zero-order valence-corrected chi connectivity index (χ0v) is 10.6. The molecule has 0 aromatic heterocycles. The fourth-order valence-electron chi connectivity index (χ4n) is 1.87. The average molecular weight is 227 g/mol. The van der Waals surface area contributed by atoms with Crippen molar-refractivity contribution in [3.8, 4) is 0 Å². The Morgan fingerprint density at radius 1 is 1.38 bits per heavy atom.